The number of carbonyl (C=O) groups is 1. The summed E-state index contributed by atoms with van der Waals surface area (Å²) in [6, 6.07) is 5.85. The van der Waals surface area contributed by atoms with E-state index in [0.29, 0.717) is 23.8 Å². The highest BCUT2D eigenvalue weighted by atomic mass is 32.1. The zero-order chi connectivity index (χ0) is 13.9. The minimum absolute atomic E-state index is 0.309. The van der Waals surface area contributed by atoms with Crippen molar-refractivity contribution >= 4 is 17.3 Å². The van der Waals surface area contributed by atoms with Crippen molar-refractivity contribution in [3.63, 3.8) is 0 Å². The number of aromatic nitrogens is 1. The maximum absolute atomic E-state index is 11.2. The molecular formula is C15H16N2O2S. The average molecular weight is 288 g/mol. The van der Waals surface area contributed by atoms with Crippen molar-refractivity contribution < 1.29 is 9.90 Å². The number of hydrogen-bond acceptors (Lipinski definition) is 4. The summed E-state index contributed by atoms with van der Waals surface area (Å²) in [5, 5.41) is 13.5. The van der Waals surface area contributed by atoms with Gasteiger partial charge in [0.15, 0.2) is 0 Å². The zero-order valence-electron chi connectivity index (χ0n) is 11.0. The first-order valence-corrected chi connectivity index (χ1v) is 7.63. The fraction of sp³-hybridized carbons (Fsp3) is 0.333. The van der Waals surface area contributed by atoms with E-state index in [4.69, 9.17) is 0 Å². The van der Waals surface area contributed by atoms with Gasteiger partial charge in [0.2, 0.25) is 0 Å². The van der Waals surface area contributed by atoms with Gasteiger partial charge in [-0.3, -0.25) is 9.88 Å². The highest BCUT2D eigenvalue weighted by Gasteiger charge is 2.27. The molecule has 5 heteroatoms. The van der Waals surface area contributed by atoms with E-state index in [0.717, 1.165) is 19.4 Å². The Morgan fingerprint density at radius 3 is 3.15 bits per heavy atom. The number of rotatable bonds is 4. The van der Waals surface area contributed by atoms with Crippen molar-refractivity contribution in [2.45, 2.75) is 25.4 Å². The summed E-state index contributed by atoms with van der Waals surface area (Å²) in [7, 11) is 0. The van der Waals surface area contributed by atoms with Crippen molar-refractivity contribution in [3.8, 4) is 0 Å². The molecule has 104 valence electrons. The van der Waals surface area contributed by atoms with Crippen molar-refractivity contribution in [3.05, 3.63) is 52.0 Å². The van der Waals surface area contributed by atoms with E-state index in [1.54, 1.807) is 29.7 Å². The first-order chi connectivity index (χ1) is 9.75. The third-order valence-electron chi connectivity index (χ3n) is 3.77. The van der Waals surface area contributed by atoms with Crippen LogP contribution in [0, 0.1) is 0 Å². The van der Waals surface area contributed by atoms with E-state index in [1.807, 2.05) is 0 Å². The Bertz CT molecular complexity index is 598. The quantitative estimate of drug-likeness (QED) is 0.939. The fourth-order valence-electron chi connectivity index (χ4n) is 2.81. The van der Waals surface area contributed by atoms with Crippen LogP contribution in [0.1, 0.15) is 40.5 Å². The van der Waals surface area contributed by atoms with Crippen LogP contribution >= 0.6 is 11.3 Å². The van der Waals surface area contributed by atoms with Gasteiger partial charge in [-0.1, -0.05) is 0 Å². The molecule has 3 heterocycles. The van der Waals surface area contributed by atoms with Crippen molar-refractivity contribution in [2.75, 3.05) is 6.54 Å². The number of nitrogens with zero attached hydrogens (tertiary/aromatic N) is 2. The second-order valence-corrected chi connectivity index (χ2v) is 5.77. The minimum Gasteiger partial charge on any atom is -0.478 e. The van der Waals surface area contributed by atoms with Gasteiger partial charge in [-0.2, -0.15) is 11.3 Å². The average Bonchev–Trinajstić information content (AvgIpc) is 3.09. The van der Waals surface area contributed by atoms with E-state index in [-0.39, 0.29) is 0 Å². The number of carboxylic acid groups (broad SMARTS) is 1. The molecule has 1 fully saturated rings. The lowest BCUT2D eigenvalue weighted by molar-refractivity contribution is 0.0693. The Morgan fingerprint density at radius 1 is 1.50 bits per heavy atom. The Hall–Kier alpha value is -1.72. The molecule has 4 nitrogen and oxygen atoms in total. The molecule has 0 aliphatic carbocycles. The molecule has 20 heavy (non-hydrogen) atoms. The monoisotopic (exact) mass is 288 g/mol. The molecule has 1 atom stereocenters. The fourth-order valence-corrected chi connectivity index (χ4v) is 3.52. The molecule has 0 saturated carbocycles. The van der Waals surface area contributed by atoms with Crippen LogP contribution in [0.5, 0.6) is 0 Å². The van der Waals surface area contributed by atoms with Crippen LogP contribution in [0.4, 0.5) is 0 Å². The molecular weight excluding hydrogens is 272 g/mol. The lowest BCUT2D eigenvalue weighted by Gasteiger charge is -2.24. The molecule has 1 saturated heterocycles. The summed E-state index contributed by atoms with van der Waals surface area (Å²) in [4.78, 5) is 17.8. The molecule has 1 aliphatic heterocycles. The smallest absolute Gasteiger partial charge is 0.337 e. The molecule has 0 radical (unpaired) electrons. The van der Waals surface area contributed by atoms with E-state index >= 15 is 0 Å². The molecule has 0 aromatic carbocycles. The van der Waals surface area contributed by atoms with Crippen molar-refractivity contribution in [1.29, 1.82) is 0 Å². The van der Waals surface area contributed by atoms with E-state index in [9.17, 15) is 9.90 Å². The SMILES string of the molecule is O=C(O)c1cccnc1CN1CCCC1c1ccsc1. The van der Waals surface area contributed by atoms with Gasteiger partial charge in [-0.25, -0.2) is 4.79 Å². The second-order valence-electron chi connectivity index (χ2n) is 4.99. The number of aromatic carboxylic acids is 1. The third kappa shape index (κ3) is 2.59. The lowest BCUT2D eigenvalue weighted by Crippen LogP contribution is -2.24. The van der Waals surface area contributed by atoms with Crippen LogP contribution in [0.15, 0.2) is 35.2 Å². The van der Waals surface area contributed by atoms with Crippen LogP contribution in [-0.4, -0.2) is 27.5 Å². The molecule has 0 amide bonds. The Morgan fingerprint density at radius 2 is 2.40 bits per heavy atom. The van der Waals surface area contributed by atoms with E-state index in [1.165, 1.54) is 5.56 Å². The lowest BCUT2D eigenvalue weighted by atomic mass is 10.1. The normalized spacial score (nSPS) is 19.3. The molecule has 1 N–H and O–H groups in total. The molecule has 1 aliphatic rings. The summed E-state index contributed by atoms with van der Waals surface area (Å²) in [5.74, 6) is -0.903. The third-order valence-corrected chi connectivity index (χ3v) is 4.47. The largest absolute Gasteiger partial charge is 0.478 e. The number of thiophene rings is 1. The topological polar surface area (TPSA) is 53.4 Å². The highest BCUT2D eigenvalue weighted by Crippen LogP contribution is 2.34. The standard InChI is InChI=1S/C15H16N2O2S/c18-15(19)12-3-1-6-16-13(12)9-17-7-2-4-14(17)11-5-8-20-10-11/h1,3,5-6,8,10,14H,2,4,7,9H2,(H,18,19). The maximum Gasteiger partial charge on any atom is 0.337 e. The van der Waals surface area contributed by atoms with Gasteiger partial charge in [0, 0.05) is 18.8 Å². The van der Waals surface area contributed by atoms with Crippen LogP contribution < -0.4 is 0 Å². The van der Waals surface area contributed by atoms with E-state index < -0.39 is 5.97 Å². The summed E-state index contributed by atoms with van der Waals surface area (Å²) in [5.41, 5.74) is 2.30. The van der Waals surface area contributed by atoms with Crippen LogP contribution in [-0.2, 0) is 6.54 Å². The summed E-state index contributed by atoms with van der Waals surface area (Å²) < 4.78 is 0. The molecule has 2 aromatic heterocycles. The summed E-state index contributed by atoms with van der Waals surface area (Å²) in [6.45, 7) is 1.60. The van der Waals surface area contributed by atoms with Gasteiger partial charge in [-0.15, -0.1) is 0 Å². The molecule has 3 rings (SSSR count). The van der Waals surface area contributed by atoms with Crippen molar-refractivity contribution in [2.24, 2.45) is 0 Å². The predicted molar refractivity (Wildman–Crippen MR) is 77.9 cm³/mol. The van der Waals surface area contributed by atoms with Crippen molar-refractivity contribution in [1.82, 2.24) is 9.88 Å². The number of hydrogen-bond donors (Lipinski definition) is 1. The molecule has 0 spiro atoms. The van der Waals surface area contributed by atoms with Gasteiger partial charge in [0.05, 0.1) is 11.3 Å². The molecule has 0 bridgehead atoms. The second kappa shape index (κ2) is 5.73. The zero-order valence-corrected chi connectivity index (χ0v) is 11.8. The Balaban J connectivity index is 1.82. The van der Waals surface area contributed by atoms with Gasteiger partial charge in [-0.05, 0) is 53.9 Å². The summed E-state index contributed by atoms with van der Waals surface area (Å²) in [6.07, 6.45) is 3.94. The van der Waals surface area contributed by atoms with Gasteiger partial charge in [0.25, 0.3) is 0 Å². The van der Waals surface area contributed by atoms with Gasteiger partial charge in [0.1, 0.15) is 0 Å². The van der Waals surface area contributed by atoms with Crippen LogP contribution in [0.3, 0.4) is 0 Å². The first kappa shape index (κ1) is 13.3. The predicted octanol–water partition coefficient (Wildman–Crippen LogP) is 3.18. The van der Waals surface area contributed by atoms with E-state index in [2.05, 4.69) is 26.7 Å². The maximum atomic E-state index is 11.2. The Kier molecular flexibility index (Phi) is 3.80. The minimum atomic E-state index is -0.903. The number of carboxylic acids is 1. The molecule has 2 aromatic rings. The first-order valence-electron chi connectivity index (χ1n) is 6.69. The number of likely N-dealkylation sites (tertiary alicyclic amines) is 1. The molecule has 1 unspecified atom stereocenters. The highest BCUT2D eigenvalue weighted by molar-refractivity contribution is 7.07. The Labute approximate surface area is 121 Å². The van der Waals surface area contributed by atoms with Gasteiger partial charge >= 0.3 is 5.97 Å². The number of pyridine rings is 1. The van der Waals surface area contributed by atoms with Crippen LogP contribution in [0.2, 0.25) is 0 Å². The van der Waals surface area contributed by atoms with Crippen LogP contribution in [0.25, 0.3) is 0 Å². The summed E-state index contributed by atoms with van der Waals surface area (Å²) >= 11 is 1.71. The van der Waals surface area contributed by atoms with Gasteiger partial charge < -0.3 is 5.11 Å².